The summed E-state index contributed by atoms with van der Waals surface area (Å²) in [7, 11) is 4.18. The molecular formula is C31H29N. The van der Waals surface area contributed by atoms with Gasteiger partial charge in [0.05, 0.1) is 0 Å². The number of anilines is 1. The lowest BCUT2D eigenvalue weighted by Crippen LogP contribution is -2.09. The van der Waals surface area contributed by atoms with E-state index in [-0.39, 0.29) is 5.92 Å². The highest BCUT2D eigenvalue weighted by atomic mass is 15.1. The average molecular weight is 416 g/mol. The minimum Gasteiger partial charge on any atom is -0.378 e. The van der Waals surface area contributed by atoms with Gasteiger partial charge in [-0.15, -0.1) is 0 Å². The van der Waals surface area contributed by atoms with Crippen LogP contribution < -0.4 is 4.90 Å². The minimum absolute atomic E-state index is 0.170. The molecule has 0 fully saturated rings. The molecule has 32 heavy (non-hydrogen) atoms. The third kappa shape index (κ3) is 3.44. The number of benzene rings is 1. The van der Waals surface area contributed by atoms with Crippen molar-refractivity contribution >= 4 is 5.69 Å². The summed E-state index contributed by atoms with van der Waals surface area (Å²) in [5, 5.41) is 0. The maximum Gasteiger partial charge on any atom is 0.0361 e. The van der Waals surface area contributed by atoms with Crippen LogP contribution in [0, 0.1) is 13.8 Å². The molecule has 1 aromatic carbocycles. The van der Waals surface area contributed by atoms with Crippen molar-refractivity contribution in [1.82, 2.24) is 0 Å². The molecule has 0 radical (unpaired) electrons. The van der Waals surface area contributed by atoms with E-state index in [4.69, 9.17) is 0 Å². The minimum atomic E-state index is 0.170. The summed E-state index contributed by atoms with van der Waals surface area (Å²) in [6.07, 6.45) is 0. The molecule has 158 valence electrons. The van der Waals surface area contributed by atoms with E-state index in [0.717, 1.165) is 0 Å². The van der Waals surface area contributed by atoms with Gasteiger partial charge in [0.2, 0.25) is 0 Å². The van der Waals surface area contributed by atoms with Crippen LogP contribution in [0.1, 0.15) is 33.7 Å². The van der Waals surface area contributed by atoms with E-state index >= 15 is 0 Å². The third-order valence-corrected chi connectivity index (χ3v) is 6.66. The summed E-state index contributed by atoms with van der Waals surface area (Å²) in [6, 6.07) is 35.7. The molecule has 0 heterocycles. The molecule has 0 unspecified atom stereocenters. The number of hydrogen-bond acceptors (Lipinski definition) is 1. The summed E-state index contributed by atoms with van der Waals surface area (Å²) in [4.78, 5) is 2.16. The van der Waals surface area contributed by atoms with Gasteiger partial charge in [-0.2, -0.15) is 0 Å². The van der Waals surface area contributed by atoms with Gasteiger partial charge >= 0.3 is 0 Å². The lowest BCUT2D eigenvalue weighted by molar-refractivity contribution is 0.991. The smallest absolute Gasteiger partial charge is 0.0361 e. The molecule has 0 N–H and O–H groups in total. The number of rotatable bonds is 4. The van der Waals surface area contributed by atoms with Gasteiger partial charge in [0.25, 0.3) is 0 Å². The first-order chi connectivity index (χ1) is 15.5. The zero-order valence-electron chi connectivity index (χ0n) is 19.3. The SMILES string of the molecule is Cc1cc(C(c2ccc(N(C)C)cc2)c2cc(C)c3cccccc2-3)c2cccccc1-2. The lowest BCUT2D eigenvalue weighted by atomic mass is 9.83. The fraction of sp³-hybridized carbons (Fsp3) is 0.161. The van der Waals surface area contributed by atoms with Crippen molar-refractivity contribution in [2.24, 2.45) is 0 Å². The van der Waals surface area contributed by atoms with E-state index in [1.807, 2.05) is 0 Å². The highest BCUT2D eigenvalue weighted by molar-refractivity contribution is 5.81. The van der Waals surface area contributed by atoms with Crippen molar-refractivity contribution in [2.45, 2.75) is 19.8 Å². The van der Waals surface area contributed by atoms with Crippen LogP contribution in [0.4, 0.5) is 5.69 Å². The quantitative estimate of drug-likeness (QED) is 0.290. The highest BCUT2D eigenvalue weighted by Gasteiger charge is 2.27. The van der Waals surface area contributed by atoms with Crippen LogP contribution in [0.2, 0.25) is 0 Å². The second-order valence-corrected chi connectivity index (χ2v) is 8.96. The standard InChI is InChI=1S/C31H29N/c1-21-19-29(27-13-9-5-7-11-25(21)27)31(23-15-17-24(18-16-23)32(3)4)30-20-22(2)26-12-8-6-10-14-28(26)30/h5-20,31H,1-4H3. The fourth-order valence-corrected chi connectivity index (χ4v) is 5.03. The first-order valence-electron chi connectivity index (χ1n) is 11.3. The van der Waals surface area contributed by atoms with Crippen molar-refractivity contribution in [3.8, 4) is 22.3 Å². The van der Waals surface area contributed by atoms with Crippen LogP contribution in [0.25, 0.3) is 22.3 Å². The van der Waals surface area contributed by atoms with Crippen LogP contribution in [-0.4, -0.2) is 14.1 Å². The Labute approximate surface area is 191 Å². The van der Waals surface area contributed by atoms with E-state index in [0.29, 0.717) is 0 Å². The first kappa shape index (κ1) is 20.3. The maximum absolute atomic E-state index is 2.40. The zero-order chi connectivity index (χ0) is 22.2. The van der Waals surface area contributed by atoms with Gasteiger partial charge in [0, 0.05) is 25.7 Å². The summed E-state index contributed by atoms with van der Waals surface area (Å²) < 4.78 is 0. The molecule has 0 saturated heterocycles. The molecular weight excluding hydrogens is 386 g/mol. The molecule has 1 aromatic rings. The molecule has 1 nitrogen and oxygen atoms in total. The molecule has 1 heteroatoms. The molecule has 0 bridgehead atoms. The summed E-state index contributed by atoms with van der Waals surface area (Å²) in [5.41, 5.74) is 13.3. The predicted octanol–water partition coefficient (Wildman–Crippen LogP) is 7.76. The Morgan fingerprint density at radius 1 is 0.531 bits per heavy atom. The van der Waals surface area contributed by atoms with E-state index in [1.54, 1.807) is 0 Å². The summed E-state index contributed by atoms with van der Waals surface area (Å²) in [5.74, 6) is 0.170. The van der Waals surface area contributed by atoms with E-state index in [2.05, 4.69) is 130 Å². The Kier molecular flexibility index (Phi) is 5.19. The van der Waals surface area contributed by atoms with E-state index in [9.17, 15) is 0 Å². The average Bonchev–Trinajstić information content (AvgIpc) is 3.05. The van der Waals surface area contributed by atoms with Crippen molar-refractivity contribution in [3.05, 3.63) is 125 Å². The van der Waals surface area contributed by atoms with Gasteiger partial charge < -0.3 is 4.90 Å². The summed E-state index contributed by atoms with van der Waals surface area (Å²) in [6.45, 7) is 4.46. The second-order valence-electron chi connectivity index (χ2n) is 8.96. The molecule has 4 aliphatic rings. The van der Waals surface area contributed by atoms with Crippen LogP contribution >= 0.6 is 0 Å². The third-order valence-electron chi connectivity index (χ3n) is 6.66. The van der Waals surface area contributed by atoms with Crippen molar-refractivity contribution < 1.29 is 0 Å². The Morgan fingerprint density at radius 3 is 1.41 bits per heavy atom. The lowest BCUT2D eigenvalue weighted by Gasteiger charge is -2.21. The largest absolute Gasteiger partial charge is 0.378 e. The molecule has 5 rings (SSSR count). The van der Waals surface area contributed by atoms with Gasteiger partial charge in [0.15, 0.2) is 0 Å². The van der Waals surface area contributed by atoms with Gasteiger partial charge in [-0.1, -0.05) is 84.9 Å². The second kappa shape index (κ2) is 8.16. The van der Waals surface area contributed by atoms with Gasteiger partial charge in [-0.3, -0.25) is 0 Å². The van der Waals surface area contributed by atoms with Crippen molar-refractivity contribution in [1.29, 1.82) is 0 Å². The zero-order valence-corrected chi connectivity index (χ0v) is 19.3. The number of nitrogens with zero attached hydrogens (tertiary/aromatic N) is 1. The van der Waals surface area contributed by atoms with E-state index in [1.165, 1.54) is 55.8 Å². The maximum atomic E-state index is 2.40. The number of hydrogen-bond donors (Lipinski definition) is 0. The van der Waals surface area contributed by atoms with Gasteiger partial charge in [0.1, 0.15) is 0 Å². The Hall–Kier alpha value is -3.58. The molecule has 0 amide bonds. The fourth-order valence-electron chi connectivity index (χ4n) is 5.03. The monoisotopic (exact) mass is 415 g/mol. The van der Waals surface area contributed by atoms with Crippen LogP contribution in [0.5, 0.6) is 0 Å². The molecule has 0 atom stereocenters. The predicted molar refractivity (Wildman–Crippen MR) is 137 cm³/mol. The topological polar surface area (TPSA) is 3.24 Å². The normalized spacial score (nSPS) is 11.4. The Bertz CT molecular complexity index is 1230. The highest BCUT2D eigenvalue weighted by Crippen LogP contribution is 2.46. The van der Waals surface area contributed by atoms with Gasteiger partial charge in [-0.05, 0) is 76.1 Å². The van der Waals surface area contributed by atoms with E-state index < -0.39 is 0 Å². The summed E-state index contributed by atoms with van der Waals surface area (Å²) >= 11 is 0. The molecule has 4 aliphatic carbocycles. The van der Waals surface area contributed by atoms with Crippen molar-refractivity contribution in [3.63, 3.8) is 0 Å². The molecule has 0 aliphatic heterocycles. The van der Waals surface area contributed by atoms with Crippen molar-refractivity contribution in [2.75, 3.05) is 19.0 Å². The van der Waals surface area contributed by atoms with Gasteiger partial charge in [-0.25, -0.2) is 0 Å². The Balaban J connectivity index is 1.78. The first-order valence-corrected chi connectivity index (χ1v) is 11.3. The van der Waals surface area contributed by atoms with Crippen LogP contribution in [0.3, 0.4) is 0 Å². The number of aryl methyl sites for hydroxylation is 2. The van der Waals surface area contributed by atoms with Crippen LogP contribution in [-0.2, 0) is 0 Å². The number of fused-ring (bicyclic) bond motifs is 2. The molecule has 0 spiro atoms. The molecule has 0 aromatic heterocycles. The molecule has 0 saturated carbocycles. The van der Waals surface area contributed by atoms with Crippen LogP contribution in [0.15, 0.2) is 97.1 Å². The Morgan fingerprint density at radius 2 is 0.969 bits per heavy atom.